The zero-order chi connectivity index (χ0) is 18.1. The molecule has 0 radical (unpaired) electrons. The lowest BCUT2D eigenvalue weighted by molar-refractivity contribution is -0.127. The van der Waals surface area contributed by atoms with Crippen LogP contribution in [0.2, 0.25) is 0 Å². The van der Waals surface area contributed by atoms with Crippen molar-refractivity contribution in [2.45, 2.75) is 19.4 Å². The number of nitrogens with one attached hydrogen (secondary N) is 1. The maximum absolute atomic E-state index is 12.8. The molecule has 0 aromatic carbocycles. The van der Waals surface area contributed by atoms with E-state index in [-0.39, 0.29) is 24.3 Å². The number of aromatic nitrogens is 3. The summed E-state index contributed by atoms with van der Waals surface area (Å²) in [4.78, 5) is 30.7. The Morgan fingerprint density at radius 1 is 1.40 bits per heavy atom. The van der Waals surface area contributed by atoms with Crippen LogP contribution in [0.4, 0.5) is 5.69 Å². The fraction of sp³-hybridized carbons (Fsp3) is 0.412. The number of carbonyl (C=O) groups excluding carboxylic acids is 2. The van der Waals surface area contributed by atoms with Crippen molar-refractivity contribution in [1.82, 2.24) is 19.7 Å². The smallest absolute Gasteiger partial charge is 0.230 e. The molecule has 25 heavy (non-hydrogen) atoms. The molecule has 3 rings (SSSR count). The number of ether oxygens (including phenoxy) is 1. The number of amides is 2. The predicted molar refractivity (Wildman–Crippen MR) is 91.0 cm³/mol. The van der Waals surface area contributed by atoms with Crippen molar-refractivity contribution in [3.05, 3.63) is 35.8 Å². The molecule has 2 aromatic heterocycles. The average Bonchev–Trinajstić information content (AvgIpc) is 3.08. The van der Waals surface area contributed by atoms with E-state index < -0.39 is 5.92 Å². The van der Waals surface area contributed by atoms with E-state index in [9.17, 15) is 9.59 Å². The van der Waals surface area contributed by atoms with Gasteiger partial charge in [-0.05, 0) is 13.0 Å². The van der Waals surface area contributed by atoms with Crippen molar-refractivity contribution >= 4 is 17.5 Å². The zero-order valence-corrected chi connectivity index (χ0v) is 14.7. The molecule has 2 aromatic rings. The largest absolute Gasteiger partial charge is 0.481 e. The van der Waals surface area contributed by atoms with Crippen LogP contribution < -0.4 is 10.1 Å². The Bertz CT molecular complexity index is 816. The maximum Gasteiger partial charge on any atom is 0.230 e. The number of likely N-dealkylation sites (tertiary alicyclic amines) is 1. The summed E-state index contributed by atoms with van der Waals surface area (Å²) in [7, 11) is 5.08. The van der Waals surface area contributed by atoms with Gasteiger partial charge in [0, 0.05) is 49.7 Å². The van der Waals surface area contributed by atoms with E-state index in [4.69, 9.17) is 4.74 Å². The third-order valence-electron chi connectivity index (χ3n) is 4.73. The molecule has 3 heterocycles. The number of hydrogen-bond acceptors (Lipinski definition) is 5. The van der Waals surface area contributed by atoms with Gasteiger partial charge in [0.15, 0.2) is 0 Å². The Labute approximate surface area is 145 Å². The monoisotopic (exact) mass is 343 g/mol. The van der Waals surface area contributed by atoms with E-state index >= 15 is 0 Å². The highest BCUT2D eigenvalue weighted by Crippen LogP contribution is 2.38. The minimum Gasteiger partial charge on any atom is -0.481 e. The van der Waals surface area contributed by atoms with E-state index in [2.05, 4.69) is 15.4 Å². The maximum atomic E-state index is 12.8. The Balaban J connectivity index is 1.87. The molecule has 2 atom stereocenters. The third kappa shape index (κ3) is 3.07. The Morgan fingerprint density at radius 2 is 2.16 bits per heavy atom. The zero-order valence-electron chi connectivity index (χ0n) is 14.7. The van der Waals surface area contributed by atoms with E-state index in [1.165, 1.54) is 7.11 Å². The molecule has 8 nitrogen and oxygen atoms in total. The molecule has 1 fully saturated rings. The minimum atomic E-state index is -0.487. The normalized spacial score (nSPS) is 20.0. The van der Waals surface area contributed by atoms with Gasteiger partial charge in [-0.3, -0.25) is 14.3 Å². The van der Waals surface area contributed by atoms with Gasteiger partial charge in [0.2, 0.25) is 17.7 Å². The van der Waals surface area contributed by atoms with Gasteiger partial charge >= 0.3 is 0 Å². The molecule has 132 valence electrons. The number of rotatable bonds is 4. The fourth-order valence-corrected chi connectivity index (χ4v) is 3.17. The summed E-state index contributed by atoms with van der Waals surface area (Å²) >= 11 is 0. The third-order valence-corrected chi connectivity index (χ3v) is 4.73. The van der Waals surface area contributed by atoms with Gasteiger partial charge in [0.1, 0.15) is 0 Å². The second-order valence-corrected chi connectivity index (χ2v) is 6.15. The summed E-state index contributed by atoms with van der Waals surface area (Å²) in [5.41, 5.74) is 2.42. The van der Waals surface area contributed by atoms with Crippen LogP contribution in [0.3, 0.4) is 0 Å². The topological polar surface area (TPSA) is 89.4 Å². The second kappa shape index (κ2) is 6.54. The highest BCUT2D eigenvalue weighted by Gasteiger charge is 2.44. The van der Waals surface area contributed by atoms with Gasteiger partial charge in [0.05, 0.1) is 25.3 Å². The quantitative estimate of drug-likeness (QED) is 0.903. The summed E-state index contributed by atoms with van der Waals surface area (Å²) in [6, 6.07) is 3.00. The number of methoxy groups -OCH3 is 1. The summed E-state index contributed by atoms with van der Waals surface area (Å²) in [5, 5.41) is 7.10. The molecule has 0 unspecified atom stereocenters. The number of nitrogens with zero attached hydrogens (tertiary/aromatic N) is 4. The molecule has 0 saturated carbocycles. The highest BCUT2D eigenvalue weighted by molar-refractivity contribution is 5.98. The fourth-order valence-electron chi connectivity index (χ4n) is 3.17. The van der Waals surface area contributed by atoms with Crippen molar-refractivity contribution in [3.63, 3.8) is 0 Å². The lowest BCUT2D eigenvalue weighted by Crippen LogP contribution is -2.30. The number of hydrogen-bond donors (Lipinski definition) is 1. The molecule has 1 aliphatic heterocycles. The number of pyridine rings is 1. The van der Waals surface area contributed by atoms with Crippen LogP contribution in [-0.2, 0) is 16.6 Å². The molecule has 2 amide bonds. The average molecular weight is 343 g/mol. The van der Waals surface area contributed by atoms with Gasteiger partial charge in [0.25, 0.3) is 0 Å². The van der Waals surface area contributed by atoms with Crippen LogP contribution in [0.5, 0.6) is 5.88 Å². The lowest BCUT2D eigenvalue weighted by Gasteiger charge is -2.24. The van der Waals surface area contributed by atoms with Gasteiger partial charge in [-0.2, -0.15) is 5.10 Å². The molecular formula is C17H21N5O3. The van der Waals surface area contributed by atoms with E-state index in [1.807, 2.05) is 14.0 Å². The number of anilines is 1. The van der Waals surface area contributed by atoms with E-state index in [1.54, 1.807) is 41.2 Å². The molecule has 1 N–H and O–H groups in total. The number of aryl methyl sites for hydroxylation is 1. The van der Waals surface area contributed by atoms with Crippen molar-refractivity contribution in [2.24, 2.45) is 13.0 Å². The SMILES string of the molecule is COc1cc(NC(=O)[C@H]2CC(=O)N(C)[C@@H]2c2cnn(C)c2C)ccn1. The van der Waals surface area contributed by atoms with Crippen molar-refractivity contribution in [1.29, 1.82) is 0 Å². The predicted octanol–water partition coefficient (Wildman–Crippen LogP) is 1.29. The molecule has 1 saturated heterocycles. The molecule has 8 heteroatoms. The summed E-state index contributed by atoms with van der Waals surface area (Å²) in [6.07, 6.45) is 3.46. The first-order chi connectivity index (χ1) is 11.9. The Kier molecular flexibility index (Phi) is 4.43. The number of carbonyl (C=O) groups is 2. The second-order valence-electron chi connectivity index (χ2n) is 6.15. The molecule has 0 spiro atoms. The Hall–Kier alpha value is -2.90. The molecule has 0 aliphatic carbocycles. The van der Waals surface area contributed by atoms with Crippen LogP contribution >= 0.6 is 0 Å². The van der Waals surface area contributed by atoms with Gasteiger partial charge < -0.3 is 15.0 Å². The van der Waals surface area contributed by atoms with Crippen molar-refractivity contribution < 1.29 is 14.3 Å². The van der Waals surface area contributed by atoms with Gasteiger partial charge in [-0.25, -0.2) is 4.98 Å². The highest BCUT2D eigenvalue weighted by atomic mass is 16.5. The molecule has 1 aliphatic rings. The van der Waals surface area contributed by atoms with E-state index in [0.717, 1.165) is 11.3 Å². The standard InChI is InChI=1S/C17H21N5O3/c1-10-13(9-19-22(10)3)16-12(8-15(23)21(16)2)17(24)20-11-5-6-18-14(7-11)25-4/h5-7,9,12,16H,8H2,1-4H3,(H,18,20,24)/t12-,16-/m0/s1. The van der Waals surface area contributed by atoms with Crippen molar-refractivity contribution in [3.8, 4) is 5.88 Å². The van der Waals surface area contributed by atoms with Crippen LogP contribution in [-0.4, -0.2) is 45.6 Å². The summed E-state index contributed by atoms with van der Waals surface area (Å²) in [5.74, 6) is -0.337. The van der Waals surface area contributed by atoms with Gasteiger partial charge in [-0.15, -0.1) is 0 Å². The van der Waals surface area contributed by atoms with Crippen molar-refractivity contribution in [2.75, 3.05) is 19.5 Å². The first kappa shape index (κ1) is 16.9. The minimum absolute atomic E-state index is 0.0549. The first-order valence-electron chi connectivity index (χ1n) is 7.97. The van der Waals surface area contributed by atoms with Crippen LogP contribution in [0, 0.1) is 12.8 Å². The molecule has 0 bridgehead atoms. The van der Waals surface area contributed by atoms with Gasteiger partial charge in [-0.1, -0.05) is 0 Å². The molecular weight excluding hydrogens is 322 g/mol. The van der Waals surface area contributed by atoms with Crippen LogP contribution in [0.15, 0.2) is 24.5 Å². The lowest BCUT2D eigenvalue weighted by atomic mass is 9.93. The first-order valence-corrected chi connectivity index (χ1v) is 7.97. The van der Waals surface area contributed by atoms with E-state index in [0.29, 0.717) is 11.6 Å². The van der Waals surface area contributed by atoms with Crippen LogP contribution in [0.25, 0.3) is 0 Å². The Morgan fingerprint density at radius 3 is 2.80 bits per heavy atom. The summed E-state index contributed by atoms with van der Waals surface area (Å²) in [6.45, 7) is 1.93. The summed E-state index contributed by atoms with van der Waals surface area (Å²) < 4.78 is 6.81. The van der Waals surface area contributed by atoms with Crippen LogP contribution in [0.1, 0.15) is 23.7 Å².